The van der Waals surface area contributed by atoms with Crippen LogP contribution in [-0.4, -0.2) is 67.8 Å². The predicted octanol–water partition coefficient (Wildman–Crippen LogP) is 3.49. The van der Waals surface area contributed by atoms with Crippen molar-refractivity contribution in [3.8, 4) is 11.4 Å². The molecule has 10 heteroatoms. The van der Waals surface area contributed by atoms with Gasteiger partial charge in [-0.1, -0.05) is 11.9 Å². The summed E-state index contributed by atoms with van der Waals surface area (Å²) >= 11 is 1.82. The van der Waals surface area contributed by atoms with Crippen molar-refractivity contribution in [3.05, 3.63) is 30.5 Å². The van der Waals surface area contributed by atoms with Crippen molar-refractivity contribution in [2.24, 2.45) is 0 Å². The van der Waals surface area contributed by atoms with E-state index in [0.29, 0.717) is 17.2 Å². The number of piperidine rings is 1. The van der Waals surface area contributed by atoms with Gasteiger partial charge in [-0.15, -0.1) is 0 Å². The second kappa shape index (κ2) is 8.19. The summed E-state index contributed by atoms with van der Waals surface area (Å²) in [4.78, 5) is 18.3. The summed E-state index contributed by atoms with van der Waals surface area (Å²) in [6.07, 6.45) is 8.46. The standard InChI is InChI=1S/C19H23F2N7S/c1-29-28-8-6-19(28)5-2-7-27(11-19)17-9-14(24-12-25-17)15-10-23-16(26-15)4-3-13(22)18(20)21/h3-4,9-10,12,18,22H,2,5-8,11H2,1H3,(H,23,26)/b4-3-,22-13?. The lowest BCUT2D eigenvalue weighted by Gasteiger charge is -2.56. The van der Waals surface area contributed by atoms with Crippen molar-refractivity contribution >= 4 is 29.6 Å². The molecule has 2 saturated heterocycles. The highest BCUT2D eigenvalue weighted by atomic mass is 32.2. The number of imidazole rings is 1. The second-order valence-electron chi connectivity index (χ2n) is 7.32. The fourth-order valence-electron chi connectivity index (χ4n) is 3.98. The van der Waals surface area contributed by atoms with Crippen LogP contribution < -0.4 is 4.90 Å². The van der Waals surface area contributed by atoms with Gasteiger partial charge in [0.15, 0.2) is 0 Å². The molecule has 2 N–H and O–H groups in total. The van der Waals surface area contributed by atoms with Crippen molar-refractivity contribution < 1.29 is 8.78 Å². The Morgan fingerprint density at radius 2 is 2.17 bits per heavy atom. The molecule has 0 aliphatic carbocycles. The number of allylic oxidation sites excluding steroid dienone is 1. The SMILES string of the molecule is CSN1CCC12CCCN(c1cc(-c3cnc(/C=C\C(=N)C(F)F)[nH]3)ncn1)C2. The summed E-state index contributed by atoms with van der Waals surface area (Å²) in [5.41, 5.74) is 0.866. The van der Waals surface area contributed by atoms with Crippen molar-refractivity contribution in [3.63, 3.8) is 0 Å². The third-order valence-corrected chi connectivity index (χ3v) is 6.60. The molecular weight excluding hydrogens is 396 g/mol. The first-order valence-corrected chi connectivity index (χ1v) is 10.7. The van der Waals surface area contributed by atoms with Crippen LogP contribution >= 0.6 is 11.9 Å². The van der Waals surface area contributed by atoms with Gasteiger partial charge in [-0.05, 0) is 37.7 Å². The fourth-order valence-corrected chi connectivity index (χ4v) is 4.88. The van der Waals surface area contributed by atoms with Gasteiger partial charge in [-0.25, -0.2) is 28.0 Å². The lowest BCUT2D eigenvalue weighted by atomic mass is 9.80. The minimum Gasteiger partial charge on any atom is -0.355 e. The summed E-state index contributed by atoms with van der Waals surface area (Å²) in [5.74, 6) is 1.28. The number of hydrogen-bond donors (Lipinski definition) is 2. The molecule has 2 aliphatic heterocycles. The summed E-state index contributed by atoms with van der Waals surface area (Å²) in [5, 5.41) is 7.18. The molecule has 2 fully saturated rings. The number of anilines is 1. The molecule has 29 heavy (non-hydrogen) atoms. The molecule has 1 atom stereocenters. The quantitative estimate of drug-likeness (QED) is 0.551. The zero-order valence-electron chi connectivity index (χ0n) is 16.1. The van der Waals surface area contributed by atoms with E-state index >= 15 is 0 Å². The van der Waals surface area contributed by atoms with E-state index in [-0.39, 0.29) is 5.54 Å². The summed E-state index contributed by atoms with van der Waals surface area (Å²) in [6, 6.07) is 1.93. The Labute approximate surface area is 172 Å². The van der Waals surface area contributed by atoms with E-state index in [2.05, 4.69) is 35.4 Å². The van der Waals surface area contributed by atoms with Gasteiger partial charge in [0.1, 0.15) is 18.0 Å². The number of halogens is 2. The lowest BCUT2D eigenvalue weighted by Crippen LogP contribution is -2.64. The normalized spacial score (nSPS) is 22.6. The molecular formula is C19H23F2N7S. The summed E-state index contributed by atoms with van der Waals surface area (Å²) in [6.45, 7) is 3.06. The van der Waals surface area contributed by atoms with Gasteiger partial charge < -0.3 is 9.88 Å². The van der Waals surface area contributed by atoms with Crippen LogP contribution in [-0.2, 0) is 0 Å². The monoisotopic (exact) mass is 419 g/mol. The molecule has 2 aliphatic rings. The average Bonchev–Trinajstić information content (AvgIpc) is 3.21. The van der Waals surface area contributed by atoms with Crippen molar-refractivity contribution in [1.82, 2.24) is 24.2 Å². The number of aromatic amines is 1. The van der Waals surface area contributed by atoms with Crippen LogP contribution in [0.1, 0.15) is 25.1 Å². The topological polar surface area (TPSA) is 84.8 Å². The molecule has 1 spiro atoms. The zero-order chi connectivity index (χ0) is 20.4. The first-order chi connectivity index (χ1) is 14.0. The zero-order valence-corrected chi connectivity index (χ0v) is 16.9. The number of hydrogen-bond acceptors (Lipinski definition) is 7. The molecule has 0 bridgehead atoms. The van der Waals surface area contributed by atoms with E-state index in [1.54, 1.807) is 12.5 Å². The summed E-state index contributed by atoms with van der Waals surface area (Å²) < 4.78 is 27.3. The Balaban J connectivity index is 1.50. The minimum absolute atomic E-state index is 0.240. The van der Waals surface area contributed by atoms with Gasteiger partial charge in [0.2, 0.25) is 0 Å². The maximum atomic E-state index is 12.4. The highest BCUT2D eigenvalue weighted by Crippen LogP contribution is 2.43. The Bertz CT molecular complexity index is 913. The van der Waals surface area contributed by atoms with Crippen molar-refractivity contribution in [1.29, 1.82) is 5.41 Å². The predicted molar refractivity (Wildman–Crippen MR) is 111 cm³/mol. The average molecular weight is 420 g/mol. The smallest absolute Gasteiger partial charge is 0.279 e. The third kappa shape index (κ3) is 4.04. The number of alkyl halides is 2. The van der Waals surface area contributed by atoms with Crippen LogP contribution in [0, 0.1) is 5.41 Å². The first-order valence-electron chi connectivity index (χ1n) is 9.49. The highest BCUT2D eigenvalue weighted by Gasteiger charge is 2.47. The lowest BCUT2D eigenvalue weighted by molar-refractivity contribution is 0.0669. The van der Waals surface area contributed by atoms with Gasteiger partial charge in [0.05, 0.1) is 28.8 Å². The highest BCUT2D eigenvalue weighted by molar-refractivity contribution is 7.96. The number of nitrogens with zero attached hydrogens (tertiary/aromatic N) is 5. The maximum Gasteiger partial charge on any atom is 0.279 e. The molecule has 7 nitrogen and oxygen atoms in total. The van der Waals surface area contributed by atoms with E-state index in [1.807, 2.05) is 18.0 Å². The van der Waals surface area contributed by atoms with E-state index in [9.17, 15) is 8.78 Å². The molecule has 154 valence electrons. The van der Waals surface area contributed by atoms with Gasteiger partial charge >= 0.3 is 0 Å². The van der Waals surface area contributed by atoms with E-state index in [4.69, 9.17) is 5.41 Å². The number of H-pyrrole nitrogens is 1. The van der Waals surface area contributed by atoms with E-state index in [1.165, 1.54) is 18.9 Å². The Hall–Kier alpha value is -2.33. The van der Waals surface area contributed by atoms with E-state index in [0.717, 1.165) is 37.9 Å². The molecule has 0 saturated carbocycles. The van der Waals surface area contributed by atoms with Gasteiger partial charge in [0.25, 0.3) is 6.43 Å². The van der Waals surface area contributed by atoms with Crippen LogP contribution in [0.25, 0.3) is 17.5 Å². The molecule has 4 rings (SSSR count). The summed E-state index contributed by atoms with van der Waals surface area (Å²) in [7, 11) is 0. The molecule has 0 amide bonds. The third-order valence-electron chi connectivity index (χ3n) is 5.59. The minimum atomic E-state index is -2.80. The van der Waals surface area contributed by atoms with Gasteiger partial charge in [0, 0.05) is 25.7 Å². The number of rotatable bonds is 6. The van der Waals surface area contributed by atoms with E-state index < -0.39 is 12.1 Å². The maximum absolute atomic E-state index is 12.4. The van der Waals surface area contributed by atoms with Crippen LogP contribution in [0.4, 0.5) is 14.6 Å². The Morgan fingerprint density at radius 1 is 1.31 bits per heavy atom. The van der Waals surface area contributed by atoms with Crippen molar-refractivity contribution in [2.75, 3.05) is 30.8 Å². The number of aromatic nitrogens is 4. The van der Waals surface area contributed by atoms with Crippen molar-refractivity contribution in [2.45, 2.75) is 31.2 Å². The molecule has 2 aromatic rings. The fraction of sp³-hybridized carbons (Fsp3) is 0.474. The molecule has 2 aromatic heterocycles. The second-order valence-corrected chi connectivity index (χ2v) is 8.12. The molecule has 0 aromatic carbocycles. The Morgan fingerprint density at radius 3 is 2.90 bits per heavy atom. The van der Waals surface area contributed by atoms with Crippen LogP contribution in [0.2, 0.25) is 0 Å². The van der Waals surface area contributed by atoms with Crippen LogP contribution in [0.15, 0.2) is 24.7 Å². The van der Waals surface area contributed by atoms with Gasteiger partial charge in [-0.2, -0.15) is 0 Å². The van der Waals surface area contributed by atoms with Gasteiger partial charge in [-0.3, -0.25) is 5.41 Å². The first kappa shape index (κ1) is 20.0. The number of nitrogens with one attached hydrogen (secondary N) is 2. The molecule has 1 unspecified atom stereocenters. The van der Waals surface area contributed by atoms with Crippen LogP contribution in [0.3, 0.4) is 0 Å². The van der Waals surface area contributed by atoms with Crippen LogP contribution in [0.5, 0.6) is 0 Å². The Kier molecular flexibility index (Phi) is 5.64. The molecule has 4 heterocycles. The largest absolute Gasteiger partial charge is 0.355 e. The molecule has 0 radical (unpaired) electrons.